The third-order valence-corrected chi connectivity index (χ3v) is 3.14. The number of rotatable bonds is 2. The largest absolute Gasteiger partial charge is 0.444 e. The first-order valence-electron chi connectivity index (χ1n) is 5.29. The van der Waals surface area contributed by atoms with Crippen LogP contribution in [0.15, 0.2) is 0 Å². The quantitative estimate of drug-likeness (QED) is 0.761. The predicted octanol–water partition coefficient (Wildman–Crippen LogP) is 1.94. The van der Waals surface area contributed by atoms with Crippen molar-refractivity contribution >= 4 is 17.9 Å². The van der Waals surface area contributed by atoms with E-state index in [0.717, 1.165) is 0 Å². The van der Waals surface area contributed by atoms with Gasteiger partial charge in [-0.15, -0.1) is 11.8 Å². The lowest BCUT2D eigenvalue weighted by molar-refractivity contribution is 0.0267. The average molecular weight is 250 g/mol. The van der Waals surface area contributed by atoms with Crippen molar-refractivity contribution < 1.29 is 13.9 Å². The van der Waals surface area contributed by atoms with Crippen molar-refractivity contribution in [3.05, 3.63) is 0 Å². The van der Waals surface area contributed by atoms with Gasteiger partial charge in [-0.05, 0) is 20.8 Å². The Bertz CT molecular complexity index is 258. The molecule has 0 aromatic heterocycles. The lowest BCUT2D eigenvalue weighted by atomic mass is 10.2. The van der Waals surface area contributed by atoms with Gasteiger partial charge in [0.1, 0.15) is 11.8 Å². The molecule has 1 aliphatic rings. The van der Waals surface area contributed by atoms with Crippen molar-refractivity contribution in [3.63, 3.8) is 0 Å². The average Bonchev–Trinajstić information content (AvgIpc) is 2.44. The summed E-state index contributed by atoms with van der Waals surface area (Å²) in [7, 11) is 0. The molecule has 0 aromatic rings. The number of thioether (sulfide) groups is 1. The number of carbonyl (C=O) groups excluding carboxylic acids is 1. The fraction of sp³-hybridized carbons (Fsp3) is 0.900. The summed E-state index contributed by atoms with van der Waals surface area (Å²) in [6.45, 7) is 5.48. The molecule has 0 aromatic carbocycles. The van der Waals surface area contributed by atoms with Crippen LogP contribution in [-0.4, -0.2) is 40.6 Å². The van der Waals surface area contributed by atoms with Crippen LogP contribution in [0.4, 0.5) is 9.18 Å². The van der Waals surface area contributed by atoms with Crippen LogP contribution in [0.3, 0.4) is 0 Å². The first-order valence-corrected chi connectivity index (χ1v) is 6.33. The van der Waals surface area contributed by atoms with Crippen LogP contribution in [-0.2, 0) is 4.74 Å². The van der Waals surface area contributed by atoms with E-state index in [1.807, 2.05) is 0 Å². The molecular weight excluding hydrogens is 231 g/mol. The second-order valence-corrected chi connectivity index (χ2v) is 5.96. The van der Waals surface area contributed by atoms with Crippen LogP contribution in [0, 0.1) is 0 Å². The van der Waals surface area contributed by atoms with Gasteiger partial charge in [0.25, 0.3) is 0 Å². The molecule has 0 spiro atoms. The molecule has 1 heterocycles. The summed E-state index contributed by atoms with van der Waals surface area (Å²) in [5, 5.41) is -0.199. The summed E-state index contributed by atoms with van der Waals surface area (Å²) in [6.07, 6.45) is -1.10. The molecule has 2 N–H and O–H groups in total. The van der Waals surface area contributed by atoms with Crippen LogP contribution in [0.1, 0.15) is 27.2 Å². The minimum absolute atomic E-state index is 0.104. The maximum Gasteiger partial charge on any atom is 0.411 e. The molecule has 1 saturated heterocycles. The molecule has 1 rings (SSSR count). The van der Waals surface area contributed by atoms with Gasteiger partial charge < -0.3 is 10.5 Å². The van der Waals surface area contributed by atoms with E-state index in [-0.39, 0.29) is 11.9 Å². The summed E-state index contributed by atoms with van der Waals surface area (Å²) in [4.78, 5) is 13.2. The van der Waals surface area contributed by atoms with Crippen molar-refractivity contribution in [1.29, 1.82) is 0 Å². The number of amides is 1. The molecule has 0 radical (unpaired) electrons. The molecule has 4 nitrogen and oxygen atoms in total. The summed E-state index contributed by atoms with van der Waals surface area (Å²) in [5.41, 5.74) is 4.85. The second-order valence-electron chi connectivity index (χ2n) is 4.75. The van der Waals surface area contributed by atoms with Crippen molar-refractivity contribution in [1.82, 2.24) is 4.90 Å². The van der Waals surface area contributed by atoms with Gasteiger partial charge in [-0.1, -0.05) is 0 Å². The number of carbonyl (C=O) groups is 1. The van der Waals surface area contributed by atoms with Crippen molar-refractivity contribution in [2.45, 2.75) is 44.3 Å². The number of likely N-dealkylation sites (tertiary alicyclic amines) is 1. The zero-order valence-corrected chi connectivity index (χ0v) is 10.7. The summed E-state index contributed by atoms with van der Waals surface area (Å²) >= 11 is 1.37. The van der Waals surface area contributed by atoms with E-state index in [4.69, 9.17) is 10.5 Å². The first kappa shape index (κ1) is 13.6. The highest BCUT2D eigenvalue weighted by atomic mass is 32.2. The zero-order valence-electron chi connectivity index (χ0n) is 9.90. The highest BCUT2D eigenvalue weighted by molar-refractivity contribution is 7.99. The van der Waals surface area contributed by atoms with E-state index >= 15 is 0 Å². The van der Waals surface area contributed by atoms with Crippen LogP contribution in [0.2, 0.25) is 0 Å². The molecule has 6 heteroatoms. The lowest BCUT2D eigenvalue weighted by Crippen LogP contribution is -2.39. The molecule has 0 unspecified atom stereocenters. The van der Waals surface area contributed by atoms with E-state index in [9.17, 15) is 9.18 Å². The normalized spacial score (nSPS) is 25.9. The Labute approximate surface area is 99.7 Å². The third-order valence-electron chi connectivity index (χ3n) is 2.12. The van der Waals surface area contributed by atoms with Gasteiger partial charge in [0, 0.05) is 12.3 Å². The molecule has 1 amide bonds. The van der Waals surface area contributed by atoms with E-state index < -0.39 is 17.9 Å². The third kappa shape index (κ3) is 3.83. The minimum Gasteiger partial charge on any atom is -0.444 e. The van der Waals surface area contributed by atoms with E-state index in [1.54, 1.807) is 20.8 Å². The summed E-state index contributed by atoms with van der Waals surface area (Å²) in [5.74, 6) is 0.372. The van der Waals surface area contributed by atoms with Crippen molar-refractivity contribution in [2.24, 2.45) is 5.73 Å². The van der Waals surface area contributed by atoms with Gasteiger partial charge in [-0.25, -0.2) is 9.18 Å². The molecule has 0 bridgehead atoms. The molecule has 1 fully saturated rings. The van der Waals surface area contributed by atoms with Crippen molar-refractivity contribution in [2.75, 3.05) is 12.4 Å². The SMILES string of the molecule is CC(C)(C)OC(=O)N1C[C@@H](F)C[C@@H]1SCN. The summed E-state index contributed by atoms with van der Waals surface area (Å²) < 4.78 is 18.4. The Morgan fingerprint density at radius 2 is 2.25 bits per heavy atom. The van der Waals surface area contributed by atoms with Gasteiger partial charge >= 0.3 is 6.09 Å². The highest BCUT2D eigenvalue weighted by Crippen LogP contribution is 2.29. The van der Waals surface area contributed by atoms with E-state index in [1.165, 1.54) is 16.7 Å². The maximum absolute atomic E-state index is 13.2. The van der Waals surface area contributed by atoms with Crippen LogP contribution in [0.25, 0.3) is 0 Å². The molecular formula is C10H19FN2O2S. The highest BCUT2D eigenvalue weighted by Gasteiger charge is 2.37. The molecule has 16 heavy (non-hydrogen) atoms. The topological polar surface area (TPSA) is 55.6 Å². The zero-order chi connectivity index (χ0) is 12.3. The van der Waals surface area contributed by atoms with Gasteiger partial charge in [0.15, 0.2) is 0 Å². The molecule has 0 aliphatic carbocycles. The van der Waals surface area contributed by atoms with E-state index in [2.05, 4.69) is 0 Å². The Kier molecular flexibility index (Phi) is 4.43. The fourth-order valence-corrected chi connectivity index (χ4v) is 2.45. The maximum atomic E-state index is 13.2. The van der Waals surface area contributed by atoms with Gasteiger partial charge in [-0.2, -0.15) is 0 Å². The number of hydrogen-bond donors (Lipinski definition) is 1. The van der Waals surface area contributed by atoms with Crippen molar-refractivity contribution in [3.8, 4) is 0 Å². The number of ether oxygens (including phenoxy) is 1. The molecule has 0 saturated carbocycles. The number of hydrogen-bond acceptors (Lipinski definition) is 4. The molecule has 1 aliphatic heterocycles. The minimum atomic E-state index is -0.975. The molecule has 94 valence electrons. The predicted molar refractivity (Wildman–Crippen MR) is 62.9 cm³/mol. The van der Waals surface area contributed by atoms with Crippen LogP contribution >= 0.6 is 11.8 Å². The van der Waals surface area contributed by atoms with E-state index in [0.29, 0.717) is 12.3 Å². The Morgan fingerprint density at radius 3 is 2.75 bits per heavy atom. The Balaban J connectivity index is 2.59. The standard InChI is InChI=1S/C10H19FN2O2S/c1-10(2,3)15-9(14)13-5-7(11)4-8(13)16-6-12/h7-8H,4-6,12H2,1-3H3/t7-,8-/m0/s1. The number of nitrogens with two attached hydrogens (primary N) is 1. The number of alkyl halides is 1. The first-order chi connectivity index (χ1) is 7.33. The number of nitrogens with zero attached hydrogens (tertiary/aromatic N) is 1. The molecule has 2 atom stereocenters. The van der Waals surface area contributed by atoms with Gasteiger partial charge in [0.2, 0.25) is 0 Å². The smallest absolute Gasteiger partial charge is 0.411 e. The van der Waals surface area contributed by atoms with Crippen LogP contribution < -0.4 is 5.73 Å². The summed E-state index contributed by atoms with van der Waals surface area (Å²) in [6, 6.07) is 0. The second kappa shape index (κ2) is 5.23. The number of halogens is 1. The van der Waals surface area contributed by atoms with Crippen LogP contribution in [0.5, 0.6) is 0 Å². The Morgan fingerprint density at radius 1 is 1.62 bits per heavy atom. The monoisotopic (exact) mass is 250 g/mol. The fourth-order valence-electron chi connectivity index (χ4n) is 1.53. The van der Waals surface area contributed by atoms with Gasteiger partial charge in [-0.3, -0.25) is 4.90 Å². The lowest BCUT2D eigenvalue weighted by Gasteiger charge is -2.27. The van der Waals surface area contributed by atoms with Gasteiger partial charge in [0.05, 0.1) is 11.9 Å². The Hall–Kier alpha value is -0.490.